The molecular formula is C9H15N3O. The molecule has 4 heteroatoms. The third-order valence-corrected chi connectivity index (χ3v) is 1.68. The van der Waals surface area contributed by atoms with Crippen molar-refractivity contribution in [3.05, 3.63) is 18.1 Å². The minimum absolute atomic E-state index is 0.673. The van der Waals surface area contributed by atoms with Crippen LogP contribution in [0.2, 0.25) is 0 Å². The molecule has 0 bridgehead atoms. The summed E-state index contributed by atoms with van der Waals surface area (Å²) in [5.74, 6) is 0.673. The van der Waals surface area contributed by atoms with Crippen LogP contribution in [0.1, 0.15) is 18.4 Å². The molecule has 0 atom stereocenters. The highest BCUT2D eigenvalue weighted by Gasteiger charge is 1.98. The summed E-state index contributed by atoms with van der Waals surface area (Å²) in [5.41, 5.74) is 6.32. The van der Waals surface area contributed by atoms with Crippen LogP contribution in [-0.4, -0.2) is 23.1 Å². The zero-order chi connectivity index (χ0) is 9.52. The van der Waals surface area contributed by atoms with Gasteiger partial charge in [-0.25, -0.2) is 9.97 Å². The van der Waals surface area contributed by atoms with Gasteiger partial charge >= 0.3 is 0 Å². The van der Waals surface area contributed by atoms with E-state index in [1.165, 1.54) is 6.33 Å². The molecule has 1 rings (SSSR count). The third kappa shape index (κ3) is 3.38. The molecule has 1 heterocycles. The second kappa shape index (κ2) is 5.48. The number of aromatic nitrogens is 2. The van der Waals surface area contributed by atoms with Gasteiger partial charge in [-0.1, -0.05) is 0 Å². The van der Waals surface area contributed by atoms with E-state index in [9.17, 15) is 0 Å². The first kappa shape index (κ1) is 9.92. The van der Waals surface area contributed by atoms with Crippen molar-refractivity contribution in [3.8, 4) is 5.88 Å². The summed E-state index contributed by atoms with van der Waals surface area (Å²) in [6, 6.07) is 0. The number of ether oxygens (including phenoxy) is 1. The minimum atomic E-state index is 0.673. The number of unbranched alkanes of at least 4 members (excludes halogenated alkanes) is 1. The molecule has 0 aliphatic carbocycles. The molecule has 72 valence electrons. The lowest BCUT2D eigenvalue weighted by atomic mass is 10.3. The van der Waals surface area contributed by atoms with Crippen molar-refractivity contribution in [1.82, 2.24) is 9.97 Å². The molecule has 2 N–H and O–H groups in total. The fraction of sp³-hybridized carbons (Fsp3) is 0.556. The standard InChI is InChI=1S/C9H15N3O/c1-8-6-11-7-12-9(8)13-5-3-2-4-10/h6-7H,2-5,10H2,1H3. The maximum atomic E-state index is 5.43. The monoisotopic (exact) mass is 181 g/mol. The molecular weight excluding hydrogens is 166 g/mol. The predicted octanol–water partition coefficient (Wildman–Crippen LogP) is 0.903. The zero-order valence-electron chi connectivity index (χ0n) is 7.86. The van der Waals surface area contributed by atoms with E-state index in [1.807, 2.05) is 6.92 Å². The van der Waals surface area contributed by atoms with Gasteiger partial charge in [0.2, 0.25) is 5.88 Å². The van der Waals surface area contributed by atoms with Crippen molar-refractivity contribution in [2.45, 2.75) is 19.8 Å². The van der Waals surface area contributed by atoms with Crippen LogP contribution in [0.15, 0.2) is 12.5 Å². The molecule has 0 saturated heterocycles. The van der Waals surface area contributed by atoms with Gasteiger partial charge in [-0.2, -0.15) is 0 Å². The Morgan fingerprint density at radius 3 is 3.00 bits per heavy atom. The average Bonchev–Trinajstić information content (AvgIpc) is 2.15. The van der Waals surface area contributed by atoms with Crippen LogP contribution in [0.4, 0.5) is 0 Å². The summed E-state index contributed by atoms with van der Waals surface area (Å²) in [5, 5.41) is 0. The van der Waals surface area contributed by atoms with Gasteiger partial charge in [0.05, 0.1) is 6.61 Å². The zero-order valence-corrected chi connectivity index (χ0v) is 7.86. The summed E-state index contributed by atoms with van der Waals surface area (Å²) < 4.78 is 5.43. The Balaban J connectivity index is 2.32. The number of rotatable bonds is 5. The van der Waals surface area contributed by atoms with Crippen molar-refractivity contribution in [2.24, 2.45) is 5.73 Å². The summed E-state index contributed by atoms with van der Waals surface area (Å²) in [4.78, 5) is 7.89. The quantitative estimate of drug-likeness (QED) is 0.686. The van der Waals surface area contributed by atoms with Gasteiger partial charge in [0, 0.05) is 11.8 Å². The maximum Gasteiger partial charge on any atom is 0.219 e. The summed E-state index contributed by atoms with van der Waals surface area (Å²) in [7, 11) is 0. The number of hydrogen-bond acceptors (Lipinski definition) is 4. The Kier molecular flexibility index (Phi) is 4.18. The van der Waals surface area contributed by atoms with Crippen LogP contribution >= 0.6 is 0 Å². The fourth-order valence-corrected chi connectivity index (χ4v) is 0.954. The van der Waals surface area contributed by atoms with Crippen molar-refractivity contribution >= 4 is 0 Å². The first-order chi connectivity index (χ1) is 6.34. The molecule has 1 aromatic heterocycles. The molecule has 0 aromatic carbocycles. The second-order valence-corrected chi connectivity index (χ2v) is 2.86. The van der Waals surface area contributed by atoms with Crippen LogP contribution in [0.3, 0.4) is 0 Å². The molecule has 0 aliphatic heterocycles. The first-order valence-corrected chi connectivity index (χ1v) is 4.44. The molecule has 1 aromatic rings. The molecule has 0 amide bonds. The van der Waals surface area contributed by atoms with E-state index in [0.29, 0.717) is 19.0 Å². The number of hydrogen-bond donors (Lipinski definition) is 1. The molecule has 0 fully saturated rings. The molecule has 0 aliphatic rings. The van der Waals surface area contributed by atoms with Gasteiger partial charge in [0.25, 0.3) is 0 Å². The van der Waals surface area contributed by atoms with Crippen molar-refractivity contribution in [1.29, 1.82) is 0 Å². The lowest BCUT2D eigenvalue weighted by Crippen LogP contribution is -2.05. The lowest BCUT2D eigenvalue weighted by molar-refractivity contribution is 0.293. The molecule has 13 heavy (non-hydrogen) atoms. The van der Waals surface area contributed by atoms with Crippen LogP contribution in [-0.2, 0) is 0 Å². The van der Waals surface area contributed by atoms with Gasteiger partial charge in [-0.15, -0.1) is 0 Å². The number of nitrogens with two attached hydrogens (primary N) is 1. The Hall–Kier alpha value is -1.16. The smallest absolute Gasteiger partial charge is 0.219 e. The minimum Gasteiger partial charge on any atom is -0.477 e. The normalized spacial score (nSPS) is 10.0. The van der Waals surface area contributed by atoms with Crippen LogP contribution in [0.25, 0.3) is 0 Å². The Morgan fingerprint density at radius 2 is 2.31 bits per heavy atom. The Morgan fingerprint density at radius 1 is 1.46 bits per heavy atom. The van der Waals surface area contributed by atoms with Gasteiger partial charge in [0.1, 0.15) is 6.33 Å². The number of nitrogens with zero attached hydrogens (tertiary/aromatic N) is 2. The highest BCUT2D eigenvalue weighted by Crippen LogP contribution is 2.10. The van der Waals surface area contributed by atoms with E-state index in [0.717, 1.165) is 18.4 Å². The van der Waals surface area contributed by atoms with Crippen molar-refractivity contribution in [2.75, 3.05) is 13.2 Å². The van der Waals surface area contributed by atoms with Gasteiger partial charge in [-0.05, 0) is 26.3 Å². The topological polar surface area (TPSA) is 61.0 Å². The van der Waals surface area contributed by atoms with E-state index in [1.54, 1.807) is 6.20 Å². The third-order valence-electron chi connectivity index (χ3n) is 1.68. The Bertz CT molecular complexity index is 252. The predicted molar refractivity (Wildman–Crippen MR) is 50.6 cm³/mol. The highest BCUT2D eigenvalue weighted by atomic mass is 16.5. The fourth-order valence-electron chi connectivity index (χ4n) is 0.954. The van der Waals surface area contributed by atoms with E-state index in [-0.39, 0.29) is 0 Å². The first-order valence-electron chi connectivity index (χ1n) is 4.44. The SMILES string of the molecule is Cc1cncnc1OCCCCN. The highest BCUT2D eigenvalue weighted by molar-refractivity contribution is 5.19. The largest absolute Gasteiger partial charge is 0.477 e. The van der Waals surface area contributed by atoms with E-state index in [4.69, 9.17) is 10.5 Å². The molecule has 0 spiro atoms. The van der Waals surface area contributed by atoms with Crippen LogP contribution < -0.4 is 10.5 Å². The Labute approximate surface area is 78.1 Å². The van der Waals surface area contributed by atoms with Crippen LogP contribution in [0.5, 0.6) is 5.88 Å². The molecule has 0 radical (unpaired) electrons. The molecule has 4 nitrogen and oxygen atoms in total. The van der Waals surface area contributed by atoms with Crippen molar-refractivity contribution in [3.63, 3.8) is 0 Å². The van der Waals surface area contributed by atoms with Crippen molar-refractivity contribution < 1.29 is 4.74 Å². The maximum absolute atomic E-state index is 5.43. The molecule has 0 saturated carbocycles. The van der Waals surface area contributed by atoms with E-state index < -0.39 is 0 Å². The van der Waals surface area contributed by atoms with Crippen LogP contribution in [0, 0.1) is 6.92 Å². The average molecular weight is 181 g/mol. The molecule has 0 unspecified atom stereocenters. The summed E-state index contributed by atoms with van der Waals surface area (Å²) >= 11 is 0. The van der Waals surface area contributed by atoms with Gasteiger partial charge in [0.15, 0.2) is 0 Å². The van der Waals surface area contributed by atoms with Gasteiger partial charge in [-0.3, -0.25) is 0 Å². The van der Waals surface area contributed by atoms with E-state index >= 15 is 0 Å². The lowest BCUT2D eigenvalue weighted by Gasteiger charge is -2.05. The second-order valence-electron chi connectivity index (χ2n) is 2.86. The van der Waals surface area contributed by atoms with Gasteiger partial charge < -0.3 is 10.5 Å². The summed E-state index contributed by atoms with van der Waals surface area (Å²) in [6.07, 6.45) is 5.20. The van der Waals surface area contributed by atoms with E-state index in [2.05, 4.69) is 9.97 Å². The summed E-state index contributed by atoms with van der Waals surface area (Å²) in [6.45, 7) is 3.32. The number of aryl methyl sites for hydroxylation is 1.